The number of likely N-dealkylation sites (N-methyl/N-ethyl adjacent to an activating group) is 1. The van der Waals surface area contributed by atoms with Gasteiger partial charge < -0.3 is 14.9 Å². The van der Waals surface area contributed by atoms with E-state index in [1.807, 2.05) is 35.0 Å². The second-order valence-electron chi connectivity index (χ2n) is 4.29. The lowest BCUT2D eigenvalue weighted by Gasteiger charge is -2.39. The molecule has 0 radical (unpaired) electrons. The van der Waals surface area contributed by atoms with E-state index >= 15 is 0 Å². The lowest BCUT2D eigenvalue weighted by molar-refractivity contribution is -0.139. The van der Waals surface area contributed by atoms with Crippen LogP contribution in [-0.4, -0.2) is 48.7 Å². The number of carboxylic acids is 1. The molecule has 0 saturated carbocycles. The van der Waals surface area contributed by atoms with Crippen LogP contribution in [0, 0.1) is 0 Å². The summed E-state index contributed by atoms with van der Waals surface area (Å²) in [7, 11) is 1.94. The van der Waals surface area contributed by atoms with Crippen LogP contribution >= 0.6 is 11.6 Å². The van der Waals surface area contributed by atoms with E-state index in [-0.39, 0.29) is 0 Å². The minimum absolute atomic E-state index is 0.507. The Labute approximate surface area is 105 Å². The smallest absolute Gasteiger partial charge is 0.327 e. The number of carbonyl (C=O) groups is 1. The van der Waals surface area contributed by atoms with Gasteiger partial charge in [-0.2, -0.15) is 0 Å². The molecule has 1 atom stereocenters. The lowest BCUT2D eigenvalue weighted by Crippen LogP contribution is -2.55. The summed E-state index contributed by atoms with van der Waals surface area (Å²) in [4.78, 5) is 15.2. The number of rotatable bonds is 2. The number of hydrogen-bond acceptors (Lipinski definition) is 3. The van der Waals surface area contributed by atoms with Crippen molar-refractivity contribution in [3.63, 3.8) is 0 Å². The molecule has 1 heterocycles. The van der Waals surface area contributed by atoms with Gasteiger partial charge >= 0.3 is 5.97 Å². The van der Waals surface area contributed by atoms with Crippen LogP contribution in [0.15, 0.2) is 24.3 Å². The van der Waals surface area contributed by atoms with Crippen LogP contribution in [-0.2, 0) is 4.79 Å². The Morgan fingerprint density at radius 3 is 2.88 bits per heavy atom. The van der Waals surface area contributed by atoms with Gasteiger partial charge in [0.25, 0.3) is 0 Å². The average Bonchev–Trinajstić information content (AvgIpc) is 2.28. The van der Waals surface area contributed by atoms with Crippen molar-refractivity contribution < 1.29 is 9.90 Å². The Bertz CT molecular complexity index is 425. The number of halogens is 1. The summed E-state index contributed by atoms with van der Waals surface area (Å²) >= 11 is 5.94. The second kappa shape index (κ2) is 4.94. The normalized spacial score (nSPS) is 21.5. The van der Waals surface area contributed by atoms with Crippen molar-refractivity contribution in [2.75, 3.05) is 31.6 Å². The molecule has 2 rings (SSSR count). The predicted molar refractivity (Wildman–Crippen MR) is 67.7 cm³/mol. The standard InChI is InChI=1S/C12H15ClN2O2/c1-14-5-6-15(11(8-14)12(16)17)10-4-2-3-9(13)7-10/h2-4,7,11H,5-6,8H2,1H3,(H,16,17). The van der Waals surface area contributed by atoms with Crippen LogP contribution in [0.25, 0.3) is 0 Å². The number of hydrogen-bond donors (Lipinski definition) is 1. The quantitative estimate of drug-likeness (QED) is 0.870. The number of piperazine rings is 1. The number of nitrogens with zero attached hydrogens (tertiary/aromatic N) is 2. The summed E-state index contributed by atoms with van der Waals surface area (Å²) in [5.74, 6) is -0.795. The molecule has 1 aromatic rings. The van der Waals surface area contributed by atoms with E-state index < -0.39 is 12.0 Å². The molecule has 0 aromatic heterocycles. The molecule has 0 spiro atoms. The first-order valence-corrected chi connectivity index (χ1v) is 5.89. The molecule has 0 bridgehead atoms. The van der Waals surface area contributed by atoms with Gasteiger partial charge in [-0.05, 0) is 25.2 Å². The molecule has 4 nitrogen and oxygen atoms in total. The molecule has 17 heavy (non-hydrogen) atoms. The third-order valence-electron chi connectivity index (χ3n) is 3.01. The topological polar surface area (TPSA) is 43.8 Å². The fourth-order valence-corrected chi connectivity index (χ4v) is 2.28. The van der Waals surface area contributed by atoms with Gasteiger partial charge in [-0.3, -0.25) is 0 Å². The number of carboxylic acid groups (broad SMARTS) is 1. The average molecular weight is 255 g/mol. The molecule has 1 unspecified atom stereocenters. The van der Waals surface area contributed by atoms with Gasteiger partial charge in [-0.1, -0.05) is 17.7 Å². The van der Waals surface area contributed by atoms with E-state index in [1.165, 1.54) is 0 Å². The van der Waals surface area contributed by atoms with Crippen molar-refractivity contribution in [3.05, 3.63) is 29.3 Å². The first-order chi connectivity index (χ1) is 8.08. The summed E-state index contributed by atoms with van der Waals surface area (Å²) in [6.45, 7) is 2.09. The highest BCUT2D eigenvalue weighted by molar-refractivity contribution is 6.30. The zero-order valence-corrected chi connectivity index (χ0v) is 10.4. The Hall–Kier alpha value is -1.26. The molecule has 1 saturated heterocycles. The molecular formula is C12H15ClN2O2. The summed E-state index contributed by atoms with van der Waals surface area (Å²) in [5, 5.41) is 9.89. The molecule has 0 aliphatic carbocycles. The van der Waals surface area contributed by atoms with Crippen molar-refractivity contribution >= 4 is 23.3 Å². The number of anilines is 1. The fourth-order valence-electron chi connectivity index (χ4n) is 2.09. The van der Waals surface area contributed by atoms with E-state index in [0.29, 0.717) is 18.1 Å². The second-order valence-corrected chi connectivity index (χ2v) is 4.73. The third kappa shape index (κ3) is 2.70. The van der Waals surface area contributed by atoms with Crippen LogP contribution in [0.2, 0.25) is 5.02 Å². The molecular weight excluding hydrogens is 240 g/mol. The van der Waals surface area contributed by atoms with E-state index in [0.717, 1.165) is 12.2 Å². The highest BCUT2D eigenvalue weighted by Crippen LogP contribution is 2.23. The zero-order chi connectivity index (χ0) is 12.4. The van der Waals surface area contributed by atoms with Gasteiger partial charge in [0.05, 0.1) is 0 Å². The third-order valence-corrected chi connectivity index (χ3v) is 3.24. The lowest BCUT2D eigenvalue weighted by atomic mass is 10.1. The van der Waals surface area contributed by atoms with Crippen LogP contribution in [0.5, 0.6) is 0 Å². The number of benzene rings is 1. The Morgan fingerprint density at radius 2 is 2.24 bits per heavy atom. The van der Waals surface area contributed by atoms with Gasteiger partial charge in [0.2, 0.25) is 0 Å². The highest BCUT2D eigenvalue weighted by Gasteiger charge is 2.30. The molecule has 0 amide bonds. The van der Waals surface area contributed by atoms with Crippen molar-refractivity contribution in [1.29, 1.82) is 0 Å². The van der Waals surface area contributed by atoms with Crippen LogP contribution < -0.4 is 4.90 Å². The first kappa shape index (κ1) is 12.2. The monoisotopic (exact) mass is 254 g/mol. The van der Waals surface area contributed by atoms with Crippen LogP contribution in [0.1, 0.15) is 0 Å². The number of aliphatic carboxylic acids is 1. The summed E-state index contributed by atoms with van der Waals surface area (Å²) in [6, 6.07) is 6.83. The van der Waals surface area contributed by atoms with Gasteiger partial charge in [-0.15, -0.1) is 0 Å². The maximum atomic E-state index is 11.3. The van der Waals surface area contributed by atoms with Crippen molar-refractivity contribution in [3.8, 4) is 0 Å². The molecule has 92 valence electrons. The largest absolute Gasteiger partial charge is 0.480 e. The van der Waals surface area contributed by atoms with Gasteiger partial charge in [0.15, 0.2) is 0 Å². The maximum absolute atomic E-state index is 11.3. The summed E-state index contributed by atoms with van der Waals surface area (Å²) in [5.41, 5.74) is 0.873. The van der Waals surface area contributed by atoms with Gasteiger partial charge in [0, 0.05) is 30.3 Å². The Balaban J connectivity index is 2.26. The van der Waals surface area contributed by atoms with Gasteiger partial charge in [0.1, 0.15) is 6.04 Å². The minimum atomic E-state index is -0.795. The Morgan fingerprint density at radius 1 is 1.47 bits per heavy atom. The van der Waals surface area contributed by atoms with Crippen LogP contribution in [0.3, 0.4) is 0 Å². The van der Waals surface area contributed by atoms with Crippen molar-refractivity contribution in [2.45, 2.75) is 6.04 Å². The molecule has 1 aromatic carbocycles. The van der Waals surface area contributed by atoms with Gasteiger partial charge in [-0.25, -0.2) is 4.79 Å². The maximum Gasteiger partial charge on any atom is 0.327 e. The minimum Gasteiger partial charge on any atom is -0.480 e. The molecule has 5 heteroatoms. The molecule has 1 aliphatic heterocycles. The van der Waals surface area contributed by atoms with Crippen molar-refractivity contribution in [1.82, 2.24) is 4.90 Å². The van der Waals surface area contributed by atoms with Crippen LogP contribution in [0.4, 0.5) is 5.69 Å². The SMILES string of the molecule is CN1CCN(c2cccc(Cl)c2)C(C(=O)O)C1. The summed E-state index contributed by atoms with van der Waals surface area (Å²) in [6.07, 6.45) is 0. The van der Waals surface area contributed by atoms with Crippen molar-refractivity contribution in [2.24, 2.45) is 0 Å². The zero-order valence-electron chi connectivity index (χ0n) is 9.64. The van der Waals surface area contributed by atoms with E-state index in [4.69, 9.17) is 11.6 Å². The molecule has 1 aliphatic rings. The fraction of sp³-hybridized carbons (Fsp3) is 0.417. The van der Waals surface area contributed by atoms with E-state index in [1.54, 1.807) is 6.07 Å². The van der Waals surface area contributed by atoms with E-state index in [9.17, 15) is 9.90 Å². The summed E-state index contributed by atoms with van der Waals surface area (Å²) < 4.78 is 0. The molecule has 1 fully saturated rings. The first-order valence-electron chi connectivity index (χ1n) is 5.51. The molecule has 1 N–H and O–H groups in total. The predicted octanol–water partition coefficient (Wildman–Crippen LogP) is 1.54. The van der Waals surface area contributed by atoms with E-state index in [2.05, 4.69) is 0 Å². The Kier molecular flexibility index (Phi) is 3.54. The highest BCUT2D eigenvalue weighted by atomic mass is 35.5.